The number of hydrogen-bond acceptors (Lipinski definition) is 4. The first-order chi connectivity index (χ1) is 14.2. The summed E-state index contributed by atoms with van der Waals surface area (Å²) in [5.41, 5.74) is 3.85. The number of nitrogens with zero attached hydrogens (tertiary/aromatic N) is 1. The smallest absolute Gasteiger partial charge is 0.345 e. The van der Waals surface area contributed by atoms with Crippen LogP contribution in [0.4, 0.5) is 0 Å². The van der Waals surface area contributed by atoms with Crippen LogP contribution in [0.1, 0.15) is 60.3 Å². The van der Waals surface area contributed by atoms with Crippen molar-refractivity contribution in [3.63, 3.8) is 0 Å². The van der Waals surface area contributed by atoms with Crippen molar-refractivity contribution < 1.29 is 15.0 Å². The van der Waals surface area contributed by atoms with Crippen LogP contribution < -0.4 is 10.9 Å². The van der Waals surface area contributed by atoms with E-state index in [9.17, 15) is 19.8 Å². The molecule has 158 valence electrons. The molecule has 1 aliphatic rings. The van der Waals surface area contributed by atoms with Crippen molar-refractivity contribution in [1.29, 1.82) is 0 Å². The summed E-state index contributed by atoms with van der Waals surface area (Å²) < 4.78 is 2.18. The molecule has 0 bridgehead atoms. The average molecular weight is 409 g/mol. The number of carboxylic acids is 1. The number of H-pyrrole nitrogens is 1. The Morgan fingerprint density at radius 1 is 1.33 bits per heavy atom. The minimum absolute atomic E-state index is 0.195. The van der Waals surface area contributed by atoms with Crippen LogP contribution >= 0.6 is 0 Å². The van der Waals surface area contributed by atoms with Crippen molar-refractivity contribution in [2.75, 3.05) is 0 Å². The van der Waals surface area contributed by atoms with Gasteiger partial charge in [0, 0.05) is 47.4 Å². The third-order valence-corrected chi connectivity index (χ3v) is 6.14. The van der Waals surface area contributed by atoms with Gasteiger partial charge in [-0.1, -0.05) is 20.8 Å². The molecule has 1 aromatic carbocycles. The number of fused-ring (bicyclic) bond motifs is 4. The monoisotopic (exact) mass is 409 g/mol. The van der Waals surface area contributed by atoms with E-state index in [1.54, 1.807) is 0 Å². The lowest BCUT2D eigenvalue weighted by molar-refractivity contribution is 0.0691. The van der Waals surface area contributed by atoms with Gasteiger partial charge in [-0.3, -0.25) is 4.79 Å². The van der Waals surface area contributed by atoms with Crippen LogP contribution in [0.3, 0.4) is 0 Å². The van der Waals surface area contributed by atoms with Crippen molar-refractivity contribution in [2.24, 2.45) is 7.05 Å². The fourth-order valence-corrected chi connectivity index (χ4v) is 4.38. The number of aryl methyl sites for hydroxylation is 1. The van der Waals surface area contributed by atoms with Crippen molar-refractivity contribution in [1.82, 2.24) is 14.9 Å². The Morgan fingerprint density at radius 2 is 2.07 bits per heavy atom. The molecule has 2 aromatic heterocycles. The van der Waals surface area contributed by atoms with Gasteiger partial charge in [0.1, 0.15) is 5.75 Å². The summed E-state index contributed by atoms with van der Waals surface area (Å²) in [6, 6.07) is 6.70. The van der Waals surface area contributed by atoms with Crippen LogP contribution in [0, 0.1) is 0 Å². The lowest BCUT2D eigenvalue weighted by atomic mass is 9.92. The Balaban J connectivity index is 1.95. The number of carboxylic acid groups (broad SMARTS) is 1. The van der Waals surface area contributed by atoms with E-state index in [4.69, 9.17) is 0 Å². The van der Waals surface area contributed by atoms with Crippen LogP contribution in [-0.2, 0) is 20.0 Å². The molecule has 0 saturated heterocycles. The second-order valence-electron chi connectivity index (χ2n) is 8.50. The minimum Gasteiger partial charge on any atom is -0.506 e. The zero-order chi connectivity index (χ0) is 21.7. The molecule has 0 radical (unpaired) electrons. The van der Waals surface area contributed by atoms with Gasteiger partial charge in [0.25, 0.3) is 5.56 Å². The van der Waals surface area contributed by atoms with Gasteiger partial charge < -0.3 is 25.1 Å². The molecule has 7 nitrogen and oxygen atoms in total. The Labute approximate surface area is 174 Å². The summed E-state index contributed by atoms with van der Waals surface area (Å²) in [5, 5.41) is 24.4. The topological polar surface area (TPSA) is 107 Å². The molecule has 0 aliphatic heterocycles. The maximum Gasteiger partial charge on any atom is 0.345 e. The van der Waals surface area contributed by atoms with Gasteiger partial charge in [0.15, 0.2) is 5.56 Å². The summed E-state index contributed by atoms with van der Waals surface area (Å²) >= 11 is 0. The highest BCUT2D eigenvalue weighted by atomic mass is 16.4. The van der Waals surface area contributed by atoms with Crippen LogP contribution in [0.15, 0.2) is 23.0 Å². The summed E-state index contributed by atoms with van der Waals surface area (Å²) in [4.78, 5) is 26.6. The van der Waals surface area contributed by atoms with Gasteiger partial charge in [-0.2, -0.15) is 0 Å². The Bertz CT molecular complexity index is 1220. The molecule has 1 aliphatic carbocycles. The first-order valence-electron chi connectivity index (χ1n) is 10.3. The molecule has 1 atom stereocenters. The Morgan fingerprint density at radius 3 is 2.73 bits per heavy atom. The number of pyridine rings is 1. The van der Waals surface area contributed by atoms with Crippen LogP contribution in [0.5, 0.6) is 5.75 Å². The molecular formula is C23H27N3O4. The Hall–Kier alpha value is -3.06. The van der Waals surface area contributed by atoms with Crippen molar-refractivity contribution in [3.05, 3.63) is 50.9 Å². The van der Waals surface area contributed by atoms with Gasteiger partial charge in [0.2, 0.25) is 0 Å². The van der Waals surface area contributed by atoms with Gasteiger partial charge in [-0.05, 0) is 42.5 Å². The van der Waals surface area contributed by atoms with E-state index >= 15 is 0 Å². The first-order valence-corrected chi connectivity index (χ1v) is 10.3. The van der Waals surface area contributed by atoms with Crippen LogP contribution in [0.25, 0.3) is 22.2 Å². The zero-order valence-corrected chi connectivity index (χ0v) is 17.7. The molecule has 4 rings (SSSR count). The second-order valence-corrected chi connectivity index (χ2v) is 8.50. The molecular weight excluding hydrogens is 382 g/mol. The zero-order valence-electron chi connectivity index (χ0n) is 17.7. The largest absolute Gasteiger partial charge is 0.506 e. The lowest BCUT2D eigenvalue weighted by Gasteiger charge is -2.15. The van der Waals surface area contributed by atoms with Crippen molar-refractivity contribution in [2.45, 2.75) is 52.1 Å². The molecule has 0 fully saturated rings. The van der Waals surface area contributed by atoms with Gasteiger partial charge in [-0.25, -0.2) is 4.79 Å². The van der Waals surface area contributed by atoms with Crippen molar-refractivity contribution >= 4 is 16.9 Å². The molecule has 30 heavy (non-hydrogen) atoms. The average Bonchev–Trinajstić information content (AvgIpc) is 2.91. The number of nitrogens with one attached hydrogen (secondary N) is 2. The van der Waals surface area contributed by atoms with Gasteiger partial charge in [-0.15, -0.1) is 0 Å². The van der Waals surface area contributed by atoms with E-state index in [1.807, 2.05) is 13.1 Å². The number of carbonyl (C=O) groups is 1. The predicted molar refractivity (Wildman–Crippen MR) is 116 cm³/mol. The quantitative estimate of drug-likeness (QED) is 0.528. The number of aromatic amines is 1. The lowest BCUT2D eigenvalue weighted by Crippen LogP contribution is -2.22. The Kier molecular flexibility index (Phi) is 4.94. The normalized spacial score (nSPS) is 15.8. The van der Waals surface area contributed by atoms with Crippen LogP contribution in [-0.4, -0.2) is 31.8 Å². The molecule has 3 aromatic rings. The molecule has 7 heteroatoms. The van der Waals surface area contributed by atoms with E-state index < -0.39 is 22.8 Å². The second kappa shape index (κ2) is 7.32. The molecule has 0 amide bonds. The molecule has 0 spiro atoms. The number of benzene rings is 1. The number of aromatic hydroxyl groups is 1. The summed E-state index contributed by atoms with van der Waals surface area (Å²) in [6.45, 7) is 7.09. The van der Waals surface area contributed by atoms with Gasteiger partial charge >= 0.3 is 5.97 Å². The highest BCUT2D eigenvalue weighted by molar-refractivity contribution is 5.93. The molecule has 1 unspecified atom stereocenters. The molecule has 4 N–H and O–H groups in total. The third-order valence-electron chi connectivity index (χ3n) is 6.14. The summed E-state index contributed by atoms with van der Waals surface area (Å²) in [6.07, 6.45) is 1.24. The van der Waals surface area contributed by atoms with E-state index in [2.05, 4.69) is 47.8 Å². The van der Waals surface area contributed by atoms with Gasteiger partial charge in [0.05, 0.1) is 5.69 Å². The predicted octanol–water partition coefficient (Wildman–Crippen LogP) is 3.49. The maximum atomic E-state index is 12.4. The van der Waals surface area contributed by atoms with Crippen molar-refractivity contribution in [3.8, 4) is 17.0 Å². The van der Waals surface area contributed by atoms with E-state index in [1.165, 1.54) is 0 Å². The van der Waals surface area contributed by atoms with E-state index in [-0.39, 0.29) is 5.92 Å². The van der Waals surface area contributed by atoms with E-state index in [0.29, 0.717) is 23.7 Å². The minimum atomic E-state index is -1.42. The standard InChI is InChI=1S/C23H27N3O4/c1-11(2)24-10-14-7-13-8-17-16(9-18(13)26(14)4)12(3)5-6-15-20(17)25-22(28)19(21(15)27)23(29)30/h7-9,11-12,24H,5-6,10H2,1-4H3,(H,29,30)(H2,25,27,28). The summed E-state index contributed by atoms with van der Waals surface area (Å²) in [7, 11) is 2.05. The maximum absolute atomic E-state index is 12.4. The number of aromatic carboxylic acids is 1. The molecule has 0 saturated carbocycles. The highest BCUT2D eigenvalue weighted by Gasteiger charge is 2.28. The van der Waals surface area contributed by atoms with E-state index in [0.717, 1.165) is 40.7 Å². The fourth-order valence-electron chi connectivity index (χ4n) is 4.38. The van der Waals surface area contributed by atoms with Crippen LogP contribution in [0.2, 0.25) is 0 Å². The fraction of sp³-hybridized carbons (Fsp3) is 0.391. The first kappa shape index (κ1) is 20.2. The summed E-state index contributed by atoms with van der Waals surface area (Å²) in [5.74, 6) is -1.65. The molecule has 2 heterocycles. The third kappa shape index (κ3) is 3.19. The highest BCUT2D eigenvalue weighted by Crippen LogP contribution is 2.42. The SMILES string of the molecule is CC(C)NCc1cc2cc3c(cc2n1C)C(C)CCc1c-3[nH]c(=O)c(C(=O)O)c1O. The number of hydrogen-bond donors (Lipinski definition) is 4. The number of aromatic nitrogens is 2. The number of rotatable bonds is 4.